The van der Waals surface area contributed by atoms with Crippen LogP contribution in [0.4, 0.5) is 18.9 Å². The van der Waals surface area contributed by atoms with E-state index in [0.717, 1.165) is 60.9 Å². The van der Waals surface area contributed by atoms with Gasteiger partial charge in [-0.25, -0.2) is 8.42 Å². The number of hydrogen-bond donors (Lipinski definition) is 1. The zero-order valence-corrected chi connectivity index (χ0v) is 25.9. The summed E-state index contributed by atoms with van der Waals surface area (Å²) in [5.74, 6) is -1.10. The standard InChI is InChI=1S/C33H38F3N3O4S/c1-23-15-17-30(18-16-23)44(42,43)39(29-14-8-11-27(20-29)33(34,35)36)22-31(40)38(21-26-10-7-9-24(2)19-26)25(3)32(41)37-28-12-5-4-6-13-28/h7-11,14-20,25,28H,4-6,12-13,21-22H2,1-3H3,(H,37,41)/t25-/m1/s1. The highest BCUT2D eigenvalue weighted by molar-refractivity contribution is 7.92. The number of hydrogen-bond acceptors (Lipinski definition) is 4. The minimum atomic E-state index is -4.73. The Balaban J connectivity index is 1.72. The molecule has 3 aromatic rings. The average molecular weight is 630 g/mol. The molecule has 0 unspecified atom stereocenters. The molecule has 1 aliphatic carbocycles. The molecule has 0 heterocycles. The maximum Gasteiger partial charge on any atom is 0.416 e. The molecule has 0 saturated heterocycles. The van der Waals surface area contributed by atoms with Gasteiger partial charge in [-0.05, 0) is 69.5 Å². The van der Waals surface area contributed by atoms with Gasteiger partial charge in [0.15, 0.2) is 0 Å². The highest BCUT2D eigenvalue weighted by atomic mass is 32.2. The number of sulfonamides is 1. The maximum atomic E-state index is 14.1. The number of halogens is 3. The Morgan fingerprint density at radius 1 is 0.909 bits per heavy atom. The van der Waals surface area contributed by atoms with Gasteiger partial charge in [-0.3, -0.25) is 13.9 Å². The van der Waals surface area contributed by atoms with Gasteiger partial charge >= 0.3 is 6.18 Å². The predicted molar refractivity (Wildman–Crippen MR) is 163 cm³/mol. The molecule has 11 heteroatoms. The van der Waals surface area contributed by atoms with Crippen LogP contribution in [0.25, 0.3) is 0 Å². The summed E-state index contributed by atoms with van der Waals surface area (Å²) in [4.78, 5) is 28.6. The van der Waals surface area contributed by atoms with Crippen LogP contribution >= 0.6 is 0 Å². The lowest BCUT2D eigenvalue weighted by atomic mass is 9.95. The van der Waals surface area contributed by atoms with Crippen molar-refractivity contribution < 1.29 is 31.2 Å². The summed E-state index contributed by atoms with van der Waals surface area (Å²) in [6.45, 7) is 4.42. The predicted octanol–water partition coefficient (Wildman–Crippen LogP) is 6.38. The van der Waals surface area contributed by atoms with Gasteiger partial charge in [0, 0.05) is 12.6 Å². The quantitative estimate of drug-likeness (QED) is 0.282. The van der Waals surface area contributed by atoms with Crippen molar-refractivity contribution in [2.75, 3.05) is 10.8 Å². The number of aryl methyl sites for hydroxylation is 2. The van der Waals surface area contributed by atoms with E-state index in [1.807, 2.05) is 25.1 Å². The number of benzene rings is 3. The van der Waals surface area contributed by atoms with Crippen molar-refractivity contribution in [3.8, 4) is 0 Å². The molecule has 0 bridgehead atoms. The first kappa shape index (κ1) is 33.0. The van der Waals surface area contributed by atoms with E-state index in [4.69, 9.17) is 0 Å². The van der Waals surface area contributed by atoms with E-state index in [1.54, 1.807) is 32.0 Å². The zero-order chi connectivity index (χ0) is 32.1. The summed E-state index contributed by atoms with van der Waals surface area (Å²) >= 11 is 0. The molecule has 0 radical (unpaired) electrons. The molecule has 2 amide bonds. The number of anilines is 1. The Kier molecular flexibility index (Phi) is 10.4. The van der Waals surface area contributed by atoms with Crippen molar-refractivity contribution in [3.63, 3.8) is 0 Å². The van der Waals surface area contributed by atoms with Crippen LogP contribution in [0.15, 0.2) is 77.7 Å². The van der Waals surface area contributed by atoms with E-state index in [1.165, 1.54) is 23.1 Å². The van der Waals surface area contributed by atoms with Crippen LogP contribution in [0, 0.1) is 13.8 Å². The number of alkyl halides is 3. The van der Waals surface area contributed by atoms with E-state index in [2.05, 4.69) is 5.32 Å². The fourth-order valence-corrected chi connectivity index (χ4v) is 6.77. The number of carbonyl (C=O) groups excluding carboxylic acids is 2. The molecule has 4 rings (SSSR count). The van der Waals surface area contributed by atoms with Gasteiger partial charge in [-0.15, -0.1) is 0 Å². The van der Waals surface area contributed by atoms with E-state index in [0.29, 0.717) is 10.4 Å². The molecule has 1 fully saturated rings. The topological polar surface area (TPSA) is 86.8 Å². The molecule has 0 aromatic heterocycles. The molecule has 1 saturated carbocycles. The zero-order valence-electron chi connectivity index (χ0n) is 25.1. The molecule has 1 aliphatic rings. The summed E-state index contributed by atoms with van der Waals surface area (Å²) in [5.41, 5.74) is 1.07. The minimum Gasteiger partial charge on any atom is -0.352 e. The summed E-state index contributed by atoms with van der Waals surface area (Å²) < 4.78 is 69.5. The van der Waals surface area contributed by atoms with Crippen LogP contribution in [0.1, 0.15) is 61.3 Å². The molecule has 0 aliphatic heterocycles. The van der Waals surface area contributed by atoms with Crippen molar-refractivity contribution in [2.24, 2.45) is 0 Å². The molecule has 1 N–H and O–H groups in total. The normalized spacial score (nSPS) is 15.0. The van der Waals surface area contributed by atoms with Crippen molar-refractivity contribution in [2.45, 2.75) is 82.6 Å². The third kappa shape index (κ3) is 8.19. The molecule has 1 atom stereocenters. The second kappa shape index (κ2) is 13.8. The number of amides is 2. The smallest absolute Gasteiger partial charge is 0.352 e. The van der Waals surface area contributed by atoms with E-state index in [9.17, 15) is 31.2 Å². The Morgan fingerprint density at radius 2 is 1.57 bits per heavy atom. The summed E-state index contributed by atoms with van der Waals surface area (Å²) in [5, 5.41) is 3.03. The van der Waals surface area contributed by atoms with Gasteiger partial charge in [0.1, 0.15) is 12.6 Å². The number of rotatable bonds is 10. The number of nitrogens with zero attached hydrogens (tertiary/aromatic N) is 2. The van der Waals surface area contributed by atoms with Crippen LogP contribution in [-0.2, 0) is 32.3 Å². The van der Waals surface area contributed by atoms with E-state index in [-0.39, 0.29) is 29.1 Å². The molecular formula is C33H38F3N3O4S. The summed E-state index contributed by atoms with van der Waals surface area (Å²) in [7, 11) is -4.49. The first-order valence-corrected chi connectivity index (χ1v) is 16.1. The van der Waals surface area contributed by atoms with Gasteiger partial charge in [0.05, 0.1) is 16.1 Å². The van der Waals surface area contributed by atoms with Crippen LogP contribution in [0.5, 0.6) is 0 Å². The lowest BCUT2D eigenvalue weighted by molar-refractivity contribution is -0.139. The lowest BCUT2D eigenvalue weighted by Crippen LogP contribution is -2.53. The van der Waals surface area contributed by atoms with Gasteiger partial charge in [-0.2, -0.15) is 13.2 Å². The Bertz CT molecular complexity index is 1570. The SMILES string of the molecule is Cc1ccc(S(=O)(=O)N(CC(=O)N(Cc2cccc(C)c2)[C@H](C)C(=O)NC2CCCCC2)c2cccc(C(F)(F)F)c2)cc1. The monoisotopic (exact) mass is 629 g/mol. The summed E-state index contributed by atoms with van der Waals surface area (Å²) in [6.07, 6.45) is 0.0237. The second-order valence-corrected chi connectivity index (χ2v) is 13.3. The van der Waals surface area contributed by atoms with Gasteiger partial charge in [0.2, 0.25) is 11.8 Å². The maximum absolute atomic E-state index is 14.1. The van der Waals surface area contributed by atoms with Crippen LogP contribution in [0.2, 0.25) is 0 Å². The average Bonchev–Trinajstić information content (AvgIpc) is 2.98. The molecule has 44 heavy (non-hydrogen) atoms. The molecule has 7 nitrogen and oxygen atoms in total. The number of nitrogens with one attached hydrogen (secondary N) is 1. The summed E-state index contributed by atoms with van der Waals surface area (Å²) in [6, 6.07) is 16.1. The third-order valence-electron chi connectivity index (χ3n) is 7.90. The van der Waals surface area contributed by atoms with E-state index < -0.39 is 40.3 Å². The lowest BCUT2D eigenvalue weighted by Gasteiger charge is -2.33. The van der Waals surface area contributed by atoms with Crippen LogP contribution in [0.3, 0.4) is 0 Å². The van der Waals surface area contributed by atoms with Crippen LogP contribution < -0.4 is 9.62 Å². The second-order valence-electron chi connectivity index (χ2n) is 11.4. The third-order valence-corrected chi connectivity index (χ3v) is 9.69. The Hall–Kier alpha value is -3.86. The number of carbonyl (C=O) groups is 2. The van der Waals surface area contributed by atoms with Crippen LogP contribution in [-0.4, -0.2) is 43.8 Å². The highest BCUT2D eigenvalue weighted by Crippen LogP contribution is 2.33. The molecule has 0 spiro atoms. The largest absolute Gasteiger partial charge is 0.416 e. The fraction of sp³-hybridized carbons (Fsp3) is 0.394. The van der Waals surface area contributed by atoms with Crippen molar-refractivity contribution in [1.29, 1.82) is 0 Å². The Labute approximate surface area is 257 Å². The first-order chi connectivity index (χ1) is 20.8. The van der Waals surface area contributed by atoms with Gasteiger partial charge in [-0.1, -0.05) is 72.9 Å². The van der Waals surface area contributed by atoms with Gasteiger partial charge < -0.3 is 10.2 Å². The van der Waals surface area contributed by atoms with Crippen molar-refractivity contribution >= 4 is 27.5 Å². The van der Waals surface area contributed by atoms with Gasteiger partial charge in [0.25, 0.3) is 10.0 Å². The van der Waals surface area contributed by atoms with Crippen molar-refractivity contribution in [1.82, 2.24) is 10.2 Å². The van der Waals surface area contributed by atoms with E-state index >= 15 is 0 Å². The molecule has 3 aromatic carbocycles. The Morgan fingerprint density at radius 3 is 2.20 bits per heavy atom. The highest BCUT2D eigenvalue weighted by Gasteiger charge is 2.35. The molecular weight excluding hydrogens is 591 g/mol. The first-order valence-electron chi connectivity index (χ1n) is 14.7. The minimum absolute atomic E-state index is 0.000771. The fourth-order valence-electron chi connectivity index (χ4n) is 5.36. The van der Waals surface area contributed by atoms with Crippen molar-refractivity contribution in [3.05, 3.63) is 95.1 Å². The molecule has 236 valence electrons.